The number of rotatable bonds is 7. The third-order valence-corrected chi connectivity index (χ3v) is 3.77. The van der Waals surface area contributed by atoms with Gasteiger partial charge in [-0.1, -0.05) is 38.1 Å². The lowest BCUT2D eigenvalue weighted by Crippen LogP contribution is -2.38. The van der Waals surface area contributed by atoms with Crippen molar-refractivity contribution in [3.8, 4) is 0 Å². The van der Waals surface area contributed by atoms with Crippen molar-refractivity contribution < 1.29 is 9.90 Å². The van der Waals surface area contributed by atoms with Crippen molar-refractivity contribution in [2.24, 2.45) is 5.92 Å². The molecule has 0 saturated carbocycles. The van der Waals surface area contributed by atoms with Crippen LogP contribution in [0.3, 0.4) is 0 Å². The number of nitrogens with one attached hydrogen (secondary N) is 2. The molecule has 3 N–H and O–H groups in total. The number of carbonyl (C=O) groups excluding carboxylic acids is 1. The van der Waals surface area contributed by atoms with Crippen LogP contribution in [-0.4, -0.2) is 27.2 Å². The molecule has 1 atom stereocenters. The van der Waals surface area contributed by atoms with Gasteiger partial charge < -0.3 is 20.3 Å². The molecule has 0 spiro atoms. The minimum absolute atomic E-state index is 0.164. The first-order chi connectivity index (χ1) is 11.5. The predicted octanol–water partition coefficient (Wildman–Crippen LogP) is 2.38. The highest BCUT2D eigenvalue weighted by atomic mass is 16.3. The number of hydrogen-bond donors (Lipinski definition) is 3. The van der Waals surface area contributed by atoms with Crippen molar-refractivity contribution in [2.45, 2.75) is 40.0 Å². The Morgan fingerprint density at radius 3 is 2.75 bits per heavy atom. The van der Waals surface area contributed by atoms with Gasteiger partial charge in [-0.25, -0.2) is 9.78 Å². The molecule has 2 rings (SSSR count). The minimum Gasteiger partial charge on any atom is -0.387 e. The number of aliphatic hydroxyl groups excluding tert-OH is 1. The minimum atomic E-state index is -0.722. The van der Waals surface area contributed by atoms with Crippen molar-refractivity contribution >= 4 is 6.03 Å². The Hall–Kier alpha value is -2.34. The number of amides is 2. The fraction of sp³-hybridized carbons (Fsp3) is 0.444. The highest BCUT2D eigenvalue weighted by Crippen LogP contribution is 2.16. The Balaban J connectivity index is 1.80. The fourth-order valence-corrected chi connectivity index (χ4v) is 2.55. The number of aromatic nitrogens is 2. The van der Waals surface area contributed by atoms with Gasteiger partial charge in [-0.15, -0.1) is 0 Å². The van der Waals surface area contributed by atoms with E-state index in [1.165, 1.54) is 0 Å². The molecule has 2 amide bonds. The van der Waals surface area contributed by atoms with E-state index in [1.54, 1.807) is 6.20 Å². The maximum absolute atomic E-state index is 11.9. The summed E-state index contributed by atoms with van der Waals surface area (Å²) in [6.45, 7) is 7.59. The van der Waals surface area contributed by atoms with E-state index in [-0.39, 0.29) is 12.6 Å². The van der Waals surface area contributed by atoms with Crippen molar-refractivity contribution in [1.29, 1.82) is 0 Å². The fourth-order valence-electron chi connectivity index (χ4n) is 2.55. The standard InChI is InChI=1S/C18H26N4O2/c1-13(2)12-22-9-8-19-17(22)11-21-18(24)20-10-16(23)15-7-5-4-6-14(15)3/h4-9,13,16,23H,10-12H2,1-3H3,(H2,20,21,24). The molecule has 1 aromatic carbocycles. The van der Waals surface area contributed by atoms with Crippen LogP contribution in [0.15, 0.2) is 36.7 Å². The van der Waals surface area contributed by atoms with Crippen LogP contribution in [0, 0.1) is 12.8 Å². The lowest BCUT2D eigenvalue weighted by Gasteiger charge is -2.15. The molecule has 1 unspecified atom stereocenters. The summed E-state index contributed by atoms with van der Waals surface area (Å²) in [5.41, 5.74) is 1.83. The second-order valence-electron chi connectivity index (χ2n) is 6.33. The highest BCUT2D eigenvalue weighted by molar-refractivity contribution is 5.73. The number of benzene rings is 1. The average molecular weight is 330 g/mol. The van der Waals surface area contributed by atoms with Gasteiger partial charge >= 0.3 is 6.03 Å². The van der Waals surface area contributed by atoms with Crippen LogP contribution in [0.2, 0.25) is 0 Å². The van der Waals surface area contributed by atoms with Gasteiger partial charge in [0.15, 0.2) is 0 Å². The summed E-state index contributed by atoms with van der Waals surface area (Å²) in [6, 6.07) is 7.28. The molecule has 0 aliphatic rings. The van der Waals surface area contributed by atoms with Gasteiger partial charge in [0.2, 0.25) is 0 Å². The summed E-state index contributed by atoms with van der Waals surface area (Å²) < 4.78 is 2.03. The maximum Gasteiger partial charge on any atom is 0.315 e. The molecular weight excluding hydrogens is 304 g/mol. The number of nitrogens with zero attached hydrogens (tertiary/aromatic N) is 2. The van der Waals surface area contributed by atoms with E-state index in [9.17, 15) is 9.90 Å². The number of urea groups is 1. The smallest absolute Gasteiger partial charge is 0.315 e. The molecule has 24 heavy (non-hydrogen) atoms. The van der Waals surface area contributed by atoms with Gasteiger partial charge in [0, 0.05) is 25.5 Å². The van der Waals surface area contributed by atoms with Gasteiger partial charge in [0.05, 0.1) is 12.6 Å². The first-order valence-electron chi connectivity index (χ1n) is 8.22. The molecule has 0 radical (unpaired) electrons. The van der Waals surface area contributed by atoms with Crippen molar-refractivity contribution in [3.05, 3.63) is 53.6 Å². The molecule has 0 aliphatic heterocycles. The molecule has 130 valence electrons. The number of carbonyl (C=O) groups is 1. The van der Waals surface area contributed by atoms with Crippen LogP contribution in [-0.2, 0) is 13.1 Å². The van der Waals surface area contributed by atoms with Crippen LogP contribution >= 0.6 is 0 Å². The summed E-state index contributed by atoms with van der Waals surface area (Å²) in [7, 11) is 0. The summed E-state index contributed by atoms with van der Waals surface area (Å²) >= 11 is 0. The Bertz CT molecular complexity index is 667. The van der Waals surface area contributed by atoms with E-state index in [0.717, 1.165) is 23.5 Å². The predicted molar refractivity (Wildman–Crippen MR) is 93.4 cm³/mol. The SMILES string of the molecule is Cc1ccccc1C(O)CNC(=O)NCc1nccn1CC(C)C. The zero-order chi connectivity index (χ0) is 17.5. The lowest BCUT2D eigenvalue weighted by molar-refractivity contribution is 0.172. The maximum atomic E-state index is 11.9. The van der Waals surface area contributed by atoms with Gasteiger partial charge in [-0.2, -0.15) is 0 Å². The molecule has 6 heteroatoms. The van der Waals surface area contributed by atoms with E-state index in [0.29, 0.717) is 12.5 Å². The molecule has 0 saturated heterocycles. The van der Waals surface area contributed by atoms with E-state index in [2.05, 4.69) is 29.5 Å². The number of imidazole rings is 1. The Labute approximate surface area is 142 Å². The summed E-state index contributed by atoms with van der Waals surface area (Å²) in [4.78, 5) is 16.2. The van der Waals surface area contributed by atoms with Gasteiger partial charge in [0.25, 0.3) is 0 Å². The Morgan fingerprint density at radius 1 is 1.29 bits per heavy atom. The number of aryl methyl sites for hydroxylation is 1. The first-order valence-corrected chi connectivity index (χ1v) is 8.22. The second-order valence-corrected chi connectivity index (χ2v) is 6.33. The van der Waals surface area contributed by atoms with Crippen LogP contribution in [0.4, 0.5) is 4.79 Å². The summed E-state index contributed by atoms with van der Waals surface area (Å²) in [5, 5.41) is 15.7. The summed E-state index contributed by atoms with van der Waals surface area (Å²) in [5.74, 6) is 1.33. The van der Waals surface area contributed by atoms with Gasteiger partial charge in [-0.3, -0.25) is 0 Å². The van der Waals surface area contributed by atoms with Crippen molar-refractivity contribution in [1.82, 2.24) is 20.2 Å². The van der Waals surface area contributed by atoms with Crippen molar-refractivity contribution in [3.63, 3.8) is 0 Å². The van der Waals surface area contributed by atoms with Crippen LogP contribution in [0.1, 0.15) is 36.9 Å². The number of hydrogen-bond acceptors (Lipinski definition) is 3. The summed E-state index contributed by atoms with van der Waals surface area (Å²) in [6.07, 6.45) is 2.93. The average Bonchev–Trinajstić information content (AvgIpc) is 2.97. The zero-order valence-electron chi connectivity index (χ0n) is 14.5. The third kappa shape index (κ3) is 5.09. The first kappa shape index (κ1) is 18.0. The van der Waals surface area contributed by atoms with E-state index >= 15 is 0 Å². The van der Waals surface area contributed by atoms with Crippen molar-refractivity contribution in [2.75, 3.05) is 6.54 Å². The Kier molecular flexibility index (Phi) is 6.37. The van der Waals surface area contributed by atoms with Crippen LogP contribution < -0.4 is 10.6 Å². The van der Waals surface area contributed by atoms with E-state index in [1.807, 2.05) is 42.0 Å². The lowest BCUT2D eigenvalue weighted by atomic mass is 10.0. The molecule has 6 nitrogen and oxygen atoms in total. The normalized spacial score (nSPS) is 12.2. The largest absolute Gasteiger partial charge is 0.387 e. The van der Waals surface area contributed by atoms with Crippen LogP contribution in [0.25, 0.3) is 0 Å². The van der Waals surface area contributed by atoms with E-state index < -0.39 is 6.10 Å². The quantitative estimate of drug-likeness (QED) is 0.729. The molecular formula is C18H26N4O2. The number of aliphatic hydroxyl groups is 1. The zero-order valence-corrected chi connectivity index (χ0v) is 14.5. The molecule has 1 aromatic heterocycles. The highest BCUT2D eigenvalue weighted by Gasteiger charge is 2.12. The second kappa shape index (κ2) is 8.49. The van der Waals surface area contributed by atoms with E-state index in [4.69, 9.17) is 0 Å². The molecule has 0 bridgehead atoms. The van der Waals surface area contributed by atoms with Gasteiger partial charge in [-0.05, 0) is 24.0 Å². The molecule has 2 aromatic rings. The molecule has 1 heterocycles. The molecule has 0 fully saturated rings. The van der Waals surface area contributed by atoms with Gasteiger partial charge in [0.1, 0.15) is 5.82 Å². The topological polar surface area (TPSA) is 79.2 Å². The molecule has 0 aliphatic carbocycles. The Morgan fingerprint density at radius 2 is 2.04 bits per heavy atom. The monoisotopic (exact) mass is 330 g/mol. The van der Waals surface area contributed by atoms with Crippen LogP contribution in [0.5, 0.6) is 0 Å². The third-order valence-electron chi connectivity index (χ3n) is 3.77.